The van der Waals surface area contributed by atoms with Crippen molar-refractivity contribution >= 4 is 112 Å². The molecule has 0 spiro atoms. The van der Waals surface area contributed by atoms with Crippen LogP contribution in [-0.4, -0.2) is 255 Å². The average Bonchev–Trinajstić information content (AvgIpc) is 0.852. The molecule has 0 radical (unpaired) electrons. The van der Waals surface area contributed by atoms with Crippen LogP contribution in [0.1, 0.15) is 310 Å². The van der Waals surface area contributed by atoms with E-state index in [0.717, 1.165) is 0 Å². The largest absolute Gasteiger partial charge is 0.355 e. The second-order valence-electron chi connectivity index (χ2n) is 40.4. The number of unbranched alkanes of at least 4 members (excludes halogenated alkanes) is 8. The van der Waals surface area contributed by atoms with E-state index in [0.29, 0.717) is 135 Å². The van der Waals surface area contributed by atoms with Gasteiger partial charge in [-0.25, -0.2) is 5.84 Å². The Morgan fingerprint density at radius 1 is 0.221 bits per heavy atom. The first-order valence-electron chi connectivity index (χ1n) is 51.4. The van der Waals surface area contributed by atoms with Crippen molar-refractivity contribution in [2.75, 3.05) is 64.4 Å². The number of hydrogen-bond acceptors (Lipinski definition) is 26. The molecule has 0 aliphatic heterocycles. The van der Waals surface area contributed by atoms with Crippen molar-refractivity contribution < 1.29 is 81.5 Å². The van der Waals surface area contributed by atoms with Crippen molar-refractivity contribution in [1.82, 2.24) is 90.5 Å². The maximum Gasteiger partial charge on any atom is 0.243 e. The molecule has 17 amide bonds. The Balaban J connectivity index is 7.37. The smallest absolute Gasteiger partial charge is 0.243 e. The molecule has 808 valence electrons. The highest BCUT2D eigenvalue weighted by Crippen LogP contribution is 2.20. The molecule has 0 aromatic heterocycles. The molecule has 0 fully saturated rings. The van der Waals surface area contributed by atoms with Gasteiger partial charge in [-0.1, -0.05) is 117 Å². The van der Waals surface area contributed by atoms with Crippen LogP contribution in [0.5, 0.6) is 0 Å². The van der Waals surface area contributed by atoms with E-state index in [2.05, 4.69) is 90.5 Å². The normalized spacial score (nSPS) is 14.8. The molecule has 0 aromatic carbocycles. The highest BCUT2D eigenvalue weighted by molar-refractivity contribution is 7.98. The molecule has 0 heterocycles. The van der Waals surface area contributed by atoms with Gasteiger partial charge in [0, 0.05) is 13.0 Å². The average molecular weight is 2010 g/mol. The number of nitrogens with two attached hydrogens (primary N) is 8. The Hall–Kier alpha value is -8.98. The zero-order chi connectivity index (χ0) is 106. The highest BCUT2D eigenvalue weighted by Gasteiger charge is 2.40. The van der Waals surface area contributed by atoms with Crippen LogP contribution in [0.4, 0.5) is 0 Å². The van der Waals surface area contributed by atoms with Crippen molar-refractivity contribution in [2.24, 2.45) is 93.3 Å². The lowest BCUT2D eigenvalue weighted by molar-refractivity contribution is -0.137. The molecule has 33 N–H and O–H groups in total. The summed E-state index contributed by atoms with van der Waals surface area (Å²) >= 11 is 1.38. The number of amides is 17. The van der Waals surface area contributed by atoms with Crippen LogP contribution in [0.15, 0.2) is 0 Å². The maximum absolute atomic E-state index is 15.0. The van der Waals surface area contributed by atoms with Gasteiger partial charge in [-0.05, 0) is 285 Å². The number of nitrogens with one attached hydrogen (secondary N) is 17. The minimum atomic E-state index is -1.33. The fourth-order valence-electron chi connectivity index (χ4n) is 15.7. The lowest BCUT2D eigenvalue weighted by Crippen LogP contribution is -2.61. The van der Waals surface area contributed by atoms with Crippen molar-refractivity contribution in [3.05, 3.63) is 0 Å². The number of hydrazine groups is 1. The number of rotatable bonds is 80. The zero-order valence-electron chi connectivity index (χ0n) is 87.5. The second-order valence-corrected chi connectivity index (χ2v) is 41.4. The van der Waals surface area contributed by atoms with Gasteiger partial charge in [0.15, 0.2) is 0 Å². The second kappa shape index (κ2) is 75.8. The summed E-state index contributed by atoms with van der Waals surface area (Å²) in [5.74, 6) is -7.48. The van der Waals surface area contributed by atoms with Crippen molar-refractivity contribution in [3.8, 4) is 0 Å². The molecule has 0 aliphatic carbocycles. The third-order valence-electron chi connectivity index (χ3n) is 23.2. The van der Waals surface area contributed by atoms with Crippen LogP contribution in [0, 0.1) is 47.3 Å². The van der Waals surface area contributed by atoms with E-state index in [1.807, 2.05) is 111 Å². The zero-order valence-corrected chi connectivity index (χ0v) is 88.3. The van der Waals surface area contributed by atoms with Crippen molar-refractivity contribution in [1.29, 1.82) is 0 Å². The minimum Gasteiger partial charge on any atom is -0.355 e. The molecule has 0 unspecified atom stereocenters. The summed E-state index contributed by atoms with van der Waals surface area (Å²) in [7, 11) is 0. The van der Waals surface area contributed by atoms with Gasteiger partial charge in [0.1, 0.15) is 84.6 Å². The van der Waals surface area contributed by atoms with Crippen molar-refractivity contribution in [2.45, 2.75) is 400 Å². The first-order valence-corrected chi connectivity index (χ1v) is 52.8. The summed E-state index contributed by atoms with van der Waals surface area (Å²) in [5.41, 5.74) is 43.6. The maximum atomic E-state index is 15.0. The predicted octanol–water partition coefficient (Wildman–Crippen LogP) is 0.780. The van der Waals surface area contributed by atoms with E-state index in [1.165, 1.54) is 11.8 Å². The number of hydrogen-bond donors (Lipinski definition) is 25. The van der Waals surface area contributed by atoms with Gasteiger partial charge >= 0.3 is 0 Å². The van der Waals surface area contributed by atoms with E-state index in [4.69, 9.17) is 46.0 Å². The topological polar surface area (TPSA) is 703 Å². The van der Waals surface area contributed by atoms with Crippen LogP contribution in [-0.2, 0) is 81.5 Å². The molecule has 140 heavy (non-hydrogen) atoms. The molecular formula is C97H187N25O17S. The summed E-state index contributed by atoms with van der Waals surface area (Å²) in [4.78, 5) is 243. The number of thioether (sulfide) groups is 1. The Labute approximate surface area is 838 Å². The number of carbonyl (C=O) groups is 17. The molecule has 0 saturated carbocycles. The van der Waals surface area contributed by atoms with E-state index >= 15 is 0 Å². The van der Waals surface area contributed by atoms with Crippen LogP contribution >= 0.6 is 11.8 Å². The van der Waals surface area contributed by atoms with Crippen LogP contribution in [0.25, 0.3) is 0 Å². The molecule has 0 aliphatic rings. The molecule has 0 rings (SSSR count). The highest BCUT2D eigenvalue weighted by atomic mass is 32.2. The minimum absolute atomic E-state index is 0.0218. The Morgan fingerprint density at radius 3 is 0.629 bits per heavy atom. The van der Waals surface area contributed by atoms with Crippen LogP contribution in [0.3, 0.4) is 0 Å². The van der Waals surface area contributed by atoms with Crippen molar-refractivity contribution in [3.63, 3.8) is 0 Å². The van der Waals surface area contributed by atoms with Gasteiger partial charge in [-0.3, -0.25) is 86.9 Å². The summed E-state index contributed by atoms with van der Waals surface area (Å²) in [6.07, 6.45) is 10.5. The summed E-state index contributed by atoms with van der Waals surface area (Å²) in [6, 6.07) is -18.5. The van der Waals surface area contributed by atoms with Gasteiger partial charge in [0.2, 0.25) is 100 Å². The van der Waals surface area contributed by atoms with Gasteiger partial charge in [-0.2, -0.15) is 11.8 Å². The van der Waals surface area contributed by atoms with E-state index < -0.39 is 192 Å². The molecule has 42 nitrogen and oxygen atoms in total. The quantitative estimate of drug-likeness (QED) is 0.0173. The third-order valence-corrected chi connectivity index (χ3v) is 23.8. The molecule has 43 heteroatoms. The molecule has 15 atom stereocenters. The fourth-order valence-corrected chi connectivity index (χ4v) is 16.1. The third kappa shape index (κ3) is 59.2. The Bertz CT molecular complexity index is 3680. The summed E-state index contributed by atoms with van der Waals surface area (Å²) < 4.78 is 0. The standard InChI is InChI=1S/C97H187N25O17S/c1-58(2)49-66(104)83(125)108-68(34-21-27-42-99)85(127)110-70(36-23-29-44-101)87(129)116-78(54-63(11)12)95(137)120-76(52-61(7)8)93(135)113-72(38-25-31-46-103)89(131)117-79(55-64(13)14)96(138)119-75(51-60(5)6)92(134)111-69(35-22-28-43-100)86(128)114-73(40-48-140-17)90(132)118-80(56-65(15)16)97(139)121-77(53-62(9)10)94(136)112-71(37-24-30-45-102)88(130)115-74(50-59(3)4)91(133)109-67(33-20-26-41-98)84(126)107-57-82(124)106-47-32-18-19-39-81(123)122-105/h58-80H,18-57,98-105H2,1-17H3,(H,106,124)(H,107,126)(H,108,125)(H,109,133)(H,110,127)(H,111,134)(H,112,136)(H,113,135)(H,114,128)(H,115,130)(H,116,129)(H,117,131)(H,118,132)(H,119,138)(H,120,137)(H,121,139)(H,122,123)/t66-,67-,68-,69-,70-,71-,72-,73-,74-,75-,76-,77-,78-,79-,80-/m0/s1. The number of carbonyl (C=O) groups excluding carboxylic acids is 17. The Morgan fingerprint density at radius 2 is 0.421 bits per heavy atom. The SMILES string of the molecule is CSCC[C@H](NC(=O)[C@H](CCCCN)NC(=O)[C@H](CC(C)C)NC(=O)[C@H](CC(C)C)NC(=O)[C@H](CCCCN)NC(=O)[C@H](CC(C)C)NC(=O)[C@H](CC(C)C)NC(=O)[C@H](CCCCN)NC(=O)[C@H](CCCCN)NC(=O)[C@@H](N)CC(C)C)C(=O)N[C@@H](CC(C)C)C(=O)N[C@@H](CC(C)C)C(=O)N[C@@H](CCCCN)C(=O)N[C@@H](CC(C)C)C(=O)N[C@@H](CCCCN)C(=O)NCC(=O)NCCCCCC(=O)NN. The predicted molar refractivity (Wildman–Crippen MR) is 548 cm³/mol. The lowest BCUT2D eigenvalue weighted by atomic mass is 9.98. The molecule has 0 aromatic rings. The van der Waals surface area contributed by atoms with E-state index in [9.17, 15) is 81.5 Å². The van der Waals surface area contributed by atoms with Crippen LogP contribution < -0.4 is 136 Å². The van der Waals surface area contributed by atoms with Gasteiger partial charge in [0.05, 0.1) is 12.6 Å². The first kappa shape index (κ1) is 131. The summed E-state index contributed by atoms with van der Waals surface area (Å²) in [5, 5.41) is 44.9. The van der Waals surface area contributed by atoms with E-state index in [-0.39, 0.29) is 169 Å². The van der Waals surface area contributed by atoms with Crippen LogP contribution in [0.2, 0.25) is 0 Å². The molecule has 0 bridgehead atoms. The van der Waals surface area contributed by atoms with Gasteiger partial charge in [-0.15, -0.1) is 0 Å². The molecule has 0 saturated heterocycles. The monoisotopic (exact) mass is 2010 g/mol. The van der Waals surface area contributed by atoms with Gasteiger partial charge in [0.25, 0.3) is 0 Å². The first-order chi connectivity index (χ1) is 66.1. The lowest BCUT2D eigenvalue weighted by Gasteiger charge is -2.30. The van der Waals surface area contributed by atoms with Gasteiger partial charge < -0.3 is 125 Å². The fraction of sp³-hybridized carbons (Fsp3) is 0.825. The van der Waals surface area contributed by atoms with E-state index in [1.54, 1.807) is 6.26 Å². The molecular weight excluding hydrogens is 1820 g/mol. The summed E-state index contributed by atoms with van der Waals surface area (Å²) in [6.45, 7) is 31.0. The Kier molecular flexibility index (Phi) is 70.9.